The van der Waals surface area contributed by atoms with Gasteiger partial charge in [-0.15, -0.1) is 5.10 Å². The summed E-state index contributed by atoms with van der Waals surface area (Å²) in [6.07, 6.45) is 1.74. The van der Waals surface area contributed by atoms with Gasteiger partial charge in [0.25, 0.3) is 0 Å². The van der Waals surface area contributed by atoms with Crippen LogP contribution in [0.25, 0.3) is 0 Å². The first-order valence-corrected chi connectivity index (χ1v) is 8.66. The van der Waals surface area contributed by atoms with E-state index in [9.17, 15) is 18.4 Å². The monoisotopic (exact) mass is 370 g/mol. The molecule has 25 heavy (non-hydrogen) atoms. The molecule has 1 atom stereocenters. The summed E-state index contributed by atoms with van der Waals surface area (Å²) in [7, 11) is 0. The molecular weight excluding hydrogens is 354 g/mol. The maximum absolute atomic E-state index is 13.5. The minimum Gasteiger partial charge on any atom is -0.376 e. The molecule has 10 heteroatoms. The van der Waals surface area contributed by atoms with Crippen LogP contribution in [0.15, 0.2) is 28.2 Å². The summed E-state index contributed by atoms with van der Waals surface area (Å²) in [6, 6.07) is 3.32. The molecular formula is C15H16F2N4O3S. The molecule has 1 aromatic carbocycles. The van der Waals surface area contributed by atoms with Crippen molar-refractivity contribution < 1.29 is 18.3 Å². The van der Waals surface area contributed by atoms with Crippen molar-refractivity contribution in [1.82, 2.24) is 14.8 Å². The van der Waals surface area contributed by atoms with Crippen molar-refractivity contribution in [1.29, 1.82) is 0 Å². The molecule has 1 saturated heterocycles. The van der Waals surface area contributed by atoms with Gasteiger partial charge in [0.05, 0.1) is 18.4 Å². The molecule has 1 aromatic heterocycles. The number of anilines is 1. The van der Waals surface area contributed by atoms with Gasteiger partial charge in [-0.25, -0.2) is 18.7 Å². The van der Waals surface area contributed by atoms with Crippen LogP contribution in [-0.2, 0) is 16.1 Å². The molecule has 1 aliphatic rings. The number of ether oxygens (including phenoxy) is 1. The van der Waals surface area contributed by atoms with Crippen LogP contribution in [0.4, 0.5) is 14.5 Å². The van der Waals surface area contributed by atoms with E-state index in [4.69, 9.17) is 4.74 Å². The van der Waals surface area contributed by atoms with Crippen molar-refractivity contribution in [2.24, 2.45) is 0 Å². The number of hydrogen-bond acceptors (Lipinski definition) is 5. The van der Waals surface area contributed by atoms with Gasteiger partial charge in [0.2, 0.25) is 5.91 Å². The van der Waals surface area contributed by atoms with E-state index in [1.54, 1.807) is 0 Å². The lowest BCUT2D eigenvalue weighted by molar-refractivity contribution is -0.113. The Morgan fingerprint density at radius 3 is 2.88 bits per heavy atom. The lowest BCUT2D eigenvalue weighted by Gasteiger charge is -2.11. The molecule has 0 radical (unpaired) electrons. The van der Waals surface area contributed by atoms with E-state index in [1.807, 2.05) is 0 Å². The van der Waals surface area contributed by atoms with E-state index in [-0.39, 0.29) is 11.9 Å². The van der Waals surface area contributed by atoms with E-state index in [0.717, 1.165) is 36.7 Å². The maximum atomic E-state index is 13.5. The Labute approximate surface area is 145 Å². The highest BCUT2D eigenvalue weighted by Gasteiger charge is 2.20. The summed E-state index contributed by atoms with van der Waals surface area (Å²) in [5.74, 6) is -2.46. The number of hydrogen-bond donors (Lipinski definition) is 2. The lowest BCUT2D eigenvalue weighted by atomic mass is 10.2. The van der Waals surface area contributed by atoms with Gasteiger partial charge >= 0.3 is 5.69 Å². The van der Waals surface area contributed by atoms with E-state index in [2.05, 4.69) is 15.5 Å². The van der Waals surface area contributed by atoms with Crippen molar-refractivity contribution in [3.63, 3.8) is 0 Å². The van der Waals surface area contributed by atoms with Crippen LogP contribution in [0.1, 0.15) is 12.8 Å². The first kappa shape index (κ1) is 17.6. The first-order chi connectivity index (χ1) is 12.0. The number of aromatic nitrogens is 3. The molecule has 1 aliphatic heterocycles. The fourth-order valence-corrected chi connectivity index (χ4v) is 3.25. The summed E-state index contributed by atoms with van der Waals surface area (Å²) < 4.78 is 34.0. The zero-order valence-corrected chi connectivity index (χ0v) is 13.9. The smallest absolute Gasteiger partial charge is 0.344 e. The van der Waals surface area contributed by atoms with Gasteiger partial charge in [-0.05, 0) is 25.0 Å². The molecule has 2 heterocycles. The van der Waals surface area contributed by atoms with E-state index in [0.29, 0.717) is 18.3 Å². The van der Waals surface area contributed by atoms with Gasteiger partial charge in [0, 0.05) is 6.61 Å². The number of amides is 1. The molecule has 3 rings (SSSR count). The van der Waals surface area contributed by atoms with Gasteiger partial charge in [0.15, 0.2) is 5.16 Å². The highest BCUT2D eigenvalue weighted by atomic mass is 32.2. The topological polar surface area (TPSA) is 89.0 Å². The molecule has 0 aliphatic carbocycles. The third-order valence-corrected chi connectivity index (χ3v) is 4.67. The van der Waals surface area contributed by atoms with Crippen molar-refractivity contribution in [2.45, 2.75) is 30.6 Å². The molecule has 2 N–H and O–H groups in total. The number of benzene rings is 1. The number of halogens is 2. The highest BCUT2D eigenvalue weighted by molar-refractivity contribution is 7.99. The number of aromatic amines is 1. The lowest BCUT2D eigenvalue weighted by Crippen LogP contribution is -2.25. The quantitative estimate of drug-likeness (QED) is 0.757. The normalized spacial score (nSPS) is 17.0. The van der Waals surface area contributed by atoms with Crippen molar-refractivity contribution >= 4 is 23.4 Å². The number of carbonyl (C=O) groups is 1. The van der Waals surface area contributed by atoms with E-state index >= 15 is 0 Å². The van der Waals surface area contributed by atoms with Crippen molar-refractivity contribution in [3.8, 4) is 0 Å². The van der Waals surface area contributed by atoms with Crippen LogP contribution < -0.4 is 11.0 Å². The molecule has 2 aromatic rings. The number of carbonyl (C=O) groups excluding carboxylic acids is 1. The van der Waals surface area contributed by atoms with Crippen LogP contribution in [0, 0.1) is 11.6 Å². The first-order valence-electron chi connectivity index (χ1n) is 7.68. The second-order valence-electron chi connectivity index (χ2n) is 5.49. The number of nitrogens with one attached hydrogen (secondary N) is 2. The molecule has 7 nitrogen and oxygen atoms in total. The third kappa shape index (κ3) is 4.26. The average Bonchev–Trinajstić information content (AvgIpc) is 3.21. The Bertz CT molecular complexity index is 797. The van der Waals surface area contributed by atoms with E-state index < -0.39 is 28.9 Å². The highest BCUT2D eigenvalue weighted by Crippen LogP contribution is 2.20. The Morgan fingerprint density at radius 2 is 2.20 bits per heavy atom. The molecule has 0 saturated carbocycles. The Kier molecular flexibility index (Phi) is 5.49. The number of nitrogens with zero attached hydrogens (tertiary/aromatic N) is 2. The number of para-hydroxylation sites is 1. The zero-order valence-electron chi connectivity index (χ0n) is 13.1. The van der Waals surface area contributed by atoms with Crippen molar-refractivity contribution in [3.05, 3.63) is 40.3 Å². The van der Waals surface area contributed by atoms with Crippen LogP contribution in [0.3, 0.4) is 0 Å². The second kappa shape index (κ2) is 7.79. The summed E-state index contributed by atoms with van der Waals surface area (Å²) in [6.45, 7) is 1.01. The van der Waals surface area contributed by atoms with Gasteiger partial charge in [0.1, 0.15) is 17.3 Å². The molecule has 0 spiro atoms. The second-order valence-corrected chi connectivity index (χ2v) is 6.43. The van der Waals surface area contributed by atoms with Gasteiger partial charge < -0.3 is 10.1 Å². The molecule has 1 amide bonds. The zero-order chi connectivity index (χ0) is 17.8. The summed E-state index contributed by atoms with van der Waals surface area (Å²) in [4.78, 5) is 23.8. The van der Waals surface area contributed by atoms with Crippen LogP contribution >= 0.6 is 11.8 Å². The Balaban J connectivity index is 1.61. The Hall–Kier alpha value is -2.20. The van der Waals surface area contributed by atoms with Crippen LogP contribution in [0.2, 0.25) is 0 Å². The largest absolute Gasteiger partial charge is 0.376 e. The molecule has 0 bridgehead atoms. The summed E-state index contributed by atoms with van der Waals surface area (Å²) in [5.41, 5.74) is -0.884. The van der Waals surface area contributed by atoms with Crippen LogP contribution in [-0.4, -0.2) is 39.1 Å². The Morgan fingerprint density at radius 1 is 1.44 bits per heavy atom. The summed E-state index contributed by atoms with van der Waals surface area (Å²) >= 11 is 0.998. The third-order valence-electron chi connectivity index (χ3n) is 3.69. The molecule has 0 unspecified atom stereocenters. The number of thioether (sulfide) groups is 1. The average molecular weight is 370 g/mol. The fourth-order valence-electron chi connectivity index (χ4n) is 2.49. The van der Waals surface area contributed by atoms with Crippen molar-refractivity contribution in [2.75, 3.05) is 17.7 Å². The summed E-state index contributed by atoms with van der Waals surface area (Å²) in [5, 5.41) is 8.72. The fraction of sp³-hybridized carbons (Fsp3) is 0.400. The van der Waals surface area contributed by atoms with Gasteiger partial charge in [-0.2, -0.15) is 0 Å². The maximum Gasteiger partial charge on any atom is 0.344 e. The van der Waals surface area contributed by atoms with Crippen LogP contribution in [0.5, 0.6) is 0 Å². The molecule has 134 valence electrons. The minimum absolute atomic E-state index is 0.0593. The SMILES string of the molecule is O=C(CSc1n[nH]c(=O)n1C[C@H]1CCCO1)Nc1c(F)cccc1F. The predicted molar refractivity (Wildman–Crippen MR) is 87.5 cm³/mol. The standard InChI is InChI=1S/C15H16F2N4O3S/c16-10-4-1-5-11(17)13(10)18-12(22)8-25-15-20-19-14(23)21(15)7-9-3-2-6-24-9/h1,4-5,9H,2-3,6-8H2,(H,18,22)(H,19,23)/t9-/m1/s1. The molecule has 1 fully saturated rings. The van der Waals surface area contributed by atoms with Gasteiger partial charge in [-0.3, -0.25) is 9.36 Å². The number of rotatable bonds is 6. The number of H-pyrrole nitrogens is 1. The predicted octanol–water partition coefficient (Wildman–Crippen LogP) is 1.76. The minimum atomic E-state index is -0.853. The van der Waals surface area contributed by atoms with Gasteiger partial charge in [-0.1, -0.05) is 17.8 Å². The van der Waals surface area contributed by atoms with E-state index in [1.165, 1.54) is 10.6 Å².